The van der Waals surface area contributed by atoms with Crippen LogP contribution in [0, 0.1) is 0 Å². The van der Waals surface area contributed by atoms with E-state index in [0.29, 0.717) is 6.04 Å². The Balaban J connectivity index is 1.73. The van der Waals surface area contributed by atoms with Crippen LogP contribution >= 0.6 is 11.3 Å². The van der Waals surface area contributed by atoms with Crippen molar-refractivity contribution in [3.8, 4) is 0 Å². The van der Waals surface area contributed by atoms with Crippen LogP contribution in [0.2, 0.25) is 0 Å². The SMILES string of the molecule is CCOC(CCN(C)C)CNC(=NC)NC1CCN(c2cccs2)CC1. The van der Waals surface area contributed by atoms with E-state index in [4.69, 9.17) is 4.74 Å². The van der Waals surface area contributed by atoms with E-state index in [0.717, 1.165) is 58.0 Å². The molecule has 0 aliphatic carbocycles. The van der Waals surface area contributed by atoms with Crippen LogP contribution in [0.1, 0.15) is 26.2 Å². The summed E-state index contributed by atoms with van der Waals surface area (Å²) in [5.74, 6) is 0.883. The molecule has 0 saturated carbocycles. The maximum atomic E-state index is 5.86. The van der Waals surface area contributed by atoms with Crippen molar-refractivity contribution in [2.45, 2.75) is 38.3 Å². The van der Waals surface area contributed by atoms with Gasteiger partial charge >= 0.3 is 0 Å². The summed E-state index contributed by atoms with van der Waals surface area (Å²) >= 11 is 1.82. The number of aliphatic imine (C=N–C) groups is 1. The molecule has 0 bridgehead atoms. The number of thiophene rings is 1. The Morgan fingerprint density at radius 1 is 1.42 bits per heavy atom. The topological polar surface area (TPSA) is 52.1 Å². The number of piperidine rings is 1. The van der Waals surface area contributed by atoms with Gasteiger partial charge in [-0.15, -0.1) is 11.3 Å². The van der Waals surface area contributed by atoms with E-state index in [1.165, 1.54) is 5.00 Å². The lowest BCUT2D eigenvalue weighted by Gasteiger charge is -2.33. The first-order valence-electron chi connectivity index (χ1n) is 9.64. The first kappa shape index (κ1) is 21.0. The largest absolute Gasteiger partial charge is 0.377 e. The predicted molar refractivity (Wildman–Crippen MR) is 113 cm³/mol. The van der Waals surface area contributed by atoms with Crippen LogP contribution in [0.15, 0.2) is 22.5 Å². The van der Waals surface area contributed by atoms with E-state index in [2.05, 4.69) is 64.0 Å². The van der Waals surface area contributed by atoms with Crippen LogP contribution < -0.4 is 15.5 Å². The molecule has 2 rings (SSSR count). The van der Waals surface area contributed by atoms with Crippen molar-refractivity contribution in [3.63, 3.8) is 0 Å². The molecule has 1 fully saturated rings. The van der Waals surface area contributed by atoms with E-state index >= 15 is 0 Å². The number of hydrogen-bond acceptors (Lipinski definition) is 5. The Morgan fingerprint density at radius 2 is 2.19 bits per heavy atom. The fourth-order valence-electron chi connectivity index (χ4n) is 3.17. The van der Waals surface area contributed by atoms with E-state index in [1.54, 1.807) is 0 Å². The standard InChI is InChI=1S/C19H35N5OS/c1-5-25-17(10-11-23(3)4)15-21-19(20-2)22-16-8-12-24(13-9-16)18-7-6-14-26-18/h6-7,14,16-17H,5,8-13,15H2,1-4H3,(H2,20,21,22). The summed E-state index contributed by atoms with van der Waals surface area (Å²) < 4.78 is 5.86. The normalized spacial score (nSPS) is 17.6. The number of nitrogens with one attached hydrogen (secondary N) is 2. The molecular weight excluding hydrogens is 346 g/mol. The average Bonchev–Trinajstić information content (AvgIpc) is 3.18. The highest BCUT2D eigenvalue weighted by Crippen LogP contribution is 2.24. The van der Waals surface area contributed by atoms with Crippen molar-refractivity contribution in [3.05, 3.63) is 17.5 Å². The lowest BCUT2D eigenvalue weighted by Crippen LogP contribution is -2.50. The van der Waals surface area contributed by atoms with Crippen molar-refractivity contribution >= 4 is 22.3 Å². The lowest BCUT2D eigenvalue weighted by atomic mass is 10.1. The molecule has 148 valence electrons. The molecule has 0 amide bonds. The number of anilines is 1. The first-order valence-corrected chi connectivity index (χ1v) is 10.5. The van der Waals surface area contributed by atoms with E-state index < -0.39 is 0 Å². The van der Waals surface area contributed by atoms with Crippen molar-refractivity contribution in [2.75, 3.05) is 58.8 Å². The summed E-state index contributed by atoms with van der Waals surface area (Å²) in [4.78, 5) is 9.07. The minimum Gasteiger partial charge on any atom is -0.377 e. The molecule has 0 radical (unpaired) electrons. The van der Waals surface area contributed by atoms with Gasteiger partial charge in [0, 0.05) is 45.9 Å². The molecule has 7 heteroatoms. The van der Waals surface area contributed by atoms with Crippen molar-refractivity contribution in [1.82, 2.24) is 15.5 Å². The number of ether oxygens (including phenoxy) is 1. The zero-order valence-corrected chi connectivity index (χ0v) is 17.5. The minimum absolute atomic E-state index is 0.210. The maximum absolute atomic E-state index is 5.86. The Bertz CT molecular complexity index is 512. The third kappa shape index (κ3) is 7.13. The van der Waals surface area contributed by atoms with Crippen LogP contribution in [-0.4, -0.2) is 76.9 Å². The second-order valence-electron chi connectivity index (χ2n) is 6.98. The molecule has 26 heavy (non-hydrogen) atoms. The van der Waals surface area contributed by atoms with Crippen molar-refractivity contribution < 1.29 is 4.74 Å². The Morgan fingerprint density at radius 3 is 2.77 bits per heavy atom. The van der Waals surface area contributed by atoms with Gasteiger partial charge < -0.3 is 25.2 Å². The molecule has 1 aromatic heterocycles. The maximum Gasteiger partial charge on any atom is 0.191 e. The van der Waals surface area contributed by atoms with Crippen LogP contribution in [-0.2, 0) is 4.74 Å². The molecule has 0 aromatic carbocycles. The molecule has 6 nitrogen and oxygen atoms in total. The summed E-state index contributed by atoms with van der Waals surface area (Å²) in [6.07, 6.45) is 3.49. The lowest BCUT2D eigenvalue weighted by molar-refractivity contribution is 0.0547. The predicted octanol–water partition coefficient (Wildman–Crippen LogP) is 2.24. The minimum atomic E-state index is 0.210. The molecule has 1 saturated heterocycles. The highest BCUT2D eigenvalue weighted by Gasteiger charge is 2.21. The summed E-state index contributed by atoms with van der Waals surface area (Å²) in [5, 5.41) is 10.6. The monoisotopic (exact) mass is 381 g/mol. The molecule has 1 aliphatic heterocycles. The van der Waals surface area contributed by atoms with Gasteiger partial charge in [0.2, 0.25) is 0 Å². The molecule has 2 N–H and O–H groups in total. The highest BCUT2D eigenvalue weighted by atomic mass is 32.1. The first-order chi connectivity index (χ1) is 12.6. The molecule has 1 aromatic rings. The van der Waals surface area contributed by atoms with Crippen LogP contribution in [0.3, 0.4) is 0 Å². The van der Waals surface area contributed by atoms with Crippen LogP contribution in [0.4, 0.5) is 5.00 Å². The van der Waals surface area contributed by atoms with Gasteiger partial charge in [-0.2, -0.15) is 0 Å². The molecule has 2 heterocycles. The van der Waals surface area contributed by atoms with Gasteiger partial charge in [-0.3, -0.25) is 4.99 Å². The molecular formula is C19H35N5OS. The van der Waals surface area contributed by atoms with E-state index in [9.17, 15) is 0 Å². The zero-order valence-electron chi connectivity index (χ0n) is 16.7. The summed E-state index contributed by atoms with van der Waals surface area (Å²) in [7, 11) is 6.03. The second kappa shape index (κ2) is 11.4. The third-order valence-electron chi connectivity index (χ3n) is 4.68. The molecule has 1 aliphatic rings. The van der Waals surface area contributed by atoms with Crippen molar-refractivity contribution in [2.24, 2.45) is 4.99 Å². The highest BCUT2D eigenvalue weighted by molar-refractivity contribution is 7.14. The van der Waals surface area contributed by atoms with Gasteiger partial charge in [0.1, 0.15) is 0 Å². The second-order valence-corrected chi connectivity index (χ2v) is 7.91. The van der Waals surface area contributed by atoms with Gasteiger partial charge in [0.05, 0.1) is 11.1 Å². The van der Waals surface area contributed by atoms with Crippen molar-refractivity contribution in [1.29, 1.82) is 0 Å². The number of rotatable bonds is 9. The van der Waals surface area contributed by atoms with Crippen LogP contribution in [0.25, 0.3) is 0 Å². The molecule has 1 unspecified atom stereocenters. The van der Waals surface area contributed by atoms with Gasteiger partial charge in [0.25, 0.3) is 0 Å². The van der Waals surface area contributed by atoms with Gasteiger partial charge in [-0.05, 0) is 57.8 Å². The van der Waals surface area contributed by atoms with E-state index in [1.807, 2.05) is 18.4 Å². The smallest absolute Gasteiger partial charge is 0.191 e. The summed E-state index contributed by atoms with van der Waals surface area (Å²) in [5.41, 5.74) is 0. The van der Waals surface area contributed by atoms with E-state index in [-0.39, 0.29) is 6.10 Å². The molecule has 0 spiro atoms. The number of guanidine groups is 1. The average molecular weight is 382 g/mol. The summed E-state index contributed by atoms with van der Waals surface area (Å²) in [6.45, 7) is 6.80. The molecule has 1 atom stereocenters. The van der Waals surface area contributed by atoms with Crippen LogP contribution in [0.5, 0.6) is 0 Å². The number of nitrogens with zero attached hydrogens (tertiary/aromatic N) is 3. The Kier molecular flexibility index (Phi) is 9.22. The Labute approximate surface area is 162 Å². The number of hydrogen-bond donors (Lipinski definition) is 2. The third-order valence-corrected chi connectivity index (χ3v) is 5.60. The fourth-order valence-corrected chi connectivity index (χ4v) is 3.96. The van der Waals surface area contributed by atoms with Gasteiger partial charge in [-0.1, -0.05) is 0 Å². The van der Waals surface area contributed by atoms with Gasteiger partial charge in [-0.25, -0.2) is 0 Å². The zero-order chi connectivity index (χ0) is 18.8. The quantitative estimate of drug-likeness (QED) is 0.508. The Hall–Kier alpha value is -1.31. The van der Waals surface area contributed by atoms with Gasteiger partial charge in [0.15, 0.2) is 5.96 Å². The summed E-state index contributed by atoms with van der Waals surface area (Å²) in [6, 6.07) is 4.81. The fraction of sp³-hybridized carbons (Fsp3) is 0.737.